The monoisotopic (exact) mass is 266 g/mol. The van der Waals surface area contributed by atoms with Crippen molar-refractivity contribution in [2.75, 3.05) is 0 Å². The first-order valence-corrected chi connectivity index (χ1v) is 7.57. The maximum absolute atomic E-state index is 5.55. The Labute approximate surface area is 113 Å². The molecule has 4 nitrogen and oxygen atoms in total. The number of thiophene rings is 1. The van der Waals surface area contributed by atoms with Crippen LogP contribution in [0.25, 0.3) is 0 Å². The third kappa shape index (κ3) is 3.71. The van der Waals surface area contributed by atoms with Crippen LogP contribution in [-0.2, 0) is 0 Å². The van der Waals surface area contributed by atoms with Gasteiger partial charge >= 0.3 is 0 Å². The van der Waals surface area contributed by atoms with E-state index in [1.807, 2.05) is 0 Å². The predicted molar refractivity (Wildman–Crippen MR) is 77.5 cm³/mol. The van der Waals surface area contributed by atoms with Crippen LogP contribution in [0, 0.1) is 0 Å². The van der Waals surface area contributed by atoms with Crippen molar-refractivity contribution >= 4 is 17.3 Å². The van der Waals surface area contributed by atoms with Gasteiger partial charge < -0.3 is 5.32 Å². The van der Waals surface area contributed by atoms with E-state index in [1.165, 1.54) is 37.7 Å². The van der Waals surface area contributed by atoms with Crippen molar-refractivity contribution in [3.8, 4) is 0 Å². The molecule has 18 heavy (non-hydrogen) atoms. The average molecular weight is 266 g/mol. The summed E-state index contributed by atoms with van der Waals surface area (Å²) >= 11 is 1.71. The highest BCUT2D eigenvalue weighted by molar-refractivity contribution is 7.07. The van der Waals surface area contributed by atoms with Crippen molar-refractivity contribution in [1.29, 1.82) is 0 Å². The van der Waals surface area contributed by atoms with Gasteiger partial charge in [-0.2, -0.15) is 11.3 Å². The molecule has 1 unspecified atom stereocenters. The molecule has 2 rings (SSSR count). The summed E-state index contributed by atoms with van der Waals surface area (Å²) in [5.41, 5.74) is 3.95. The molecule has 5 heteroatoms. The maximum atomic E-state index is 5.55. The van der Waals surface area contributed by atoms with Crippen LogP contribution in [0.5, 0.6) is 0 Å². The topological polar surface area (TPSA) is 62.4 Å². The quantitative estimate of drug-likeness (QED) is 0.341. The van der Waals surface area contributed by atoms with Crippen molar-refractivity contribution in [2.24, 2.45) is 10.8 Å². The molecular weight excluding hydrogens is 244 g/mol. The first-order chi connectivity index (χ1) is 8.79. The van der Waals surface area contributed by atoms with Crippen LogP contribution in [-0.4, -0.2) is 12.0 Å². The van der Waals surface area contributed by atoms with Crippen molar-refractivity contribution in [1.82, 2.24) is 10.7 Å². The third-order valence-electron chi connectivity index (χ3n) is 3.42. The van der Waals surface area contributed by atoms with Gasteiger partial charge in [0.05, 0.1) is 12.1 Å². The van der Waals surface area contributed by atoms with E-state index < -0.39 is 0 Å². The fourth-order valence-corrected chi connectivity index (χ4v) is 3.07. The summed E-state index contributed by atoms with van der Waals surface area (Å²) in [6.07, 6.45) is 6.27. The van der Waals surface area contributed by atoms with Crippen molar-refractivity contribution in [3.05, 3.63) is 22.4 Å². The second-order valence-corrected chi connectivity index (χ2v) is 5.62. The number of nitrogens with zero attached hydrogens (tertiary/aromatic N) is 1. The molecule has 4 N–H and O–H groups in total. The summed E-state index contributed by atoms with van der Waals surface area (Å²) < 4.78 is 0. The van der Waals surface area contributed by atoms with Gasteiger partial charge in [-0.25, -0.2) is 10.8 Å². The van der Waals surface area contributed by atoms with Crippen LogP contribution in [0.15, 0.2) is 21.8 Å². The van der Waals surface area contributed by atoms with E-state index in [1.54, 1.807) is 11.3 Å². The van der Waals surface area contributed by atoms with Crippen molar-refractivity contribution in [3.63, 3.8) is 0 Å². The highest BCUT2D eigenvalue weighted by Crippen LogP contribution is 2.20. The Morgan fingerprint density at radius 2 is 2.22 bits per heavy atom. The number of hydrogen-bond donors (Lipinski definition) is 3. The minimum Gasteiger partial charge on any atom is -0.349 e. The van der Waals surface area contributed by atoms with Crippen molar-refractivity contribution < 1.29 is 0 Å². The molecule has 0 aromatic carbocycles. The van der Waals surface area contributed by atoms with Crippen LogP contribution in [0.1, 0.15) is 50.6 Å². The number of nitrogens with one attached hydrogen (secondary N) is 2. The van der Waals surface area contributed by atoms with Crippen LogP contribution in [0.4, 0.5) is 0 Å². The van der Waals surface area contributed by atoms with Gasteiger partial charge in [-0.15, -0.1) is 0 Å². The molecule has 1 saturated carbocycles. The summed E-state index contributed by atoms with van der Waals surface area (Å²) in [7, 11) is 0. The van der Waals surface area contributed by atoms with Crippen LogP contribution >= 0.6 is 11.3 Å². The lowest BCUT2D eigenvalue weighted by Crippen LogP contribution is -2.43. The normalized spacial score (nSPS) is 19.6. The van der Waals surface area contributed by atoms with Gasteiger partial charge in [-0.05, 0) is 42.2 Å². The van der Waals surface area contributed by atoms with E-state index >= 15 is 0 Å². The average Bonchev–Trinajstić information content (AvgIpc) is 2.93. The third-order valence-corrected chi connectivity index (χ3v) is 4.12. The summed E-state index contributed by atoms with van der Waals surface area (Å²) in [5.74, 6) is 6.26. The molecule has 0 radical (unpaired) electrons. The van der Waals surface area contributed by atoms with Gasteiger partial charge in [0.15, 0.2) is 0 Å². The lowest BCUT2D eigenvalue weighted by Gasteiger charge is -2.21. The van der Waals surface area contributed by atoms with E-state index in [0.29, 0.717) is 12.0 Å². The molecule has 0 spiro atoms. The zero-order valence-electron chi connectivity index (χ0n) is 10.9. The Kier molecular flexibility index (Phi) is 5.01. The number of aliphatic imine (C=N–C) groups is 1. The Morgan fingerprint density at radius 3 is 2.83 bits per heavy atom. The Hall–Kier alpha value is -1.07. The zero-order valence-corrected chi connectivity index (χ0v) is 11.7. The molecule has 0 aliphatic heterocycles. The minimum atomic E-state index is 0.231. The zero-order chi connectivity index (χ0) is 12.8. The number of hydrogen-bond acceptors (Lipinski definition) is 3. The lowest BCUT2D eigenvalue weighted by molar-refractivity contribution is 0.440. The SMILES string of the molecule is CC(NC(=NC1CCCCC1)NN)c1ccsc1. The smallest absolute Gasteiger partial charge is 0.206 e. The highest BCUT2D eigenvalue weighted by Gasteiger charge is 2.14. The largest absolute Gasteiger partial charge is 0.349 e. The van der Waals surface area contributed by atoms with E-state index in [2.05, 4.69) is 39.5 Å². The number of nitrogens with two attached hydrogens (primary N) is 1. The molecule has 1 aromatic heterocycles. The van der Waals surface area contributed by atoms with E-state index in [9.17, 15) is 0 Å². The minimum absolute atomic E-state index is 0.231. The van der Waals surface area contributed by atoms with Gasteiger partial charge in [0.1, 0.15) is 0 Å². The van der Waals surface area contributed by atoms with Gasteiger partial charge in [-0.1, -0.05) is 19.3 Å². The van der Waals surface area contributed by atoms with Gasteiger partial charge in [0.2, 0.25) is 5.96 Å². The van der Waals surface area contributed by atoms with Gasteiger partial charge in [0, 0.05) is 0 Å². The second kappa shape index (κ2) is 6.75. The Morgan fingerprint density at radius 1 is 1.44 bits per heavy atom. The Bertz CT molecular complexity index is 368. The summed E-state index contributed by atoms with van der Waals surface area (Å²) in [6.45, 7) is 2.12. The second-order valence-electron chi connectivity index (χ2n) is 4.84. The van der Waals surface area contributed by atoms with Gasteiger partial charge in [0.25, 0.3) is 0 Å². The first kappa shape index (κ1) is 13.4. The highest BCUT2D eigenvalue weighted by atomic mass is 32.1. The summed E-state index contributed by atoms with van der Waals surface area (Å²) in [4.78, 5) is 4.68. The molecule has 0 bridgehead atoms. The molecule has 0 amide bonds. The van der Waals surface area contributed by atoms with Crippen LogP contribution in [0.3, 0.4) is 0 Å². The molecule has 1 aliphatic rings. The molecule has 1 atom stereocenters. The fraction of sp³-hybridized carbons (Fsp3) is 0.615. The molecule has 1 heterocycles. The molecule has 1 aliphatic carbocycles. The summed E-state index contributed by atoms with van der Waals surface area (Å²) in [5, 5.41) is 7.57. The summed E-state index contributed by atoms with van der Waals surface area (Å²) in [6, 6.07) is 2.78. The molecule has 100 valence electrons. The predicted octanol–water partition coefficient (Wildman–Crippen LogP) is 2.55. The number of rotatable bonds is 3. The number of hydrazine groups is 1. The van der Waals surface area contributed by atoms with Crippen molar-refractivity contribution in [2.45, 2.75) is 51.1 Å². The van der Waals surface area contributed by atoms with Gasteiger partial charge in [-0.3, -0.25) is 5.43 Å². The molecule has 1 aromatic rings. The van der Waals surface area contributed by atoms with E-state index in [0.717, 1.165) is 0 Å². The van der Waals surface area contributed by atoms with Crippen LogP contribution < -0.4 is 16.6 Å². The van der Waals surface area contributed by atoms with E-state index in [4.69, 9.17) is 5.84 Å². The first-order valence-electron chi connectivity index (χ1n) is 6.62. The van der Waals surface area contributed by atoms with Crippen LogP contribution in [0.2, 0.25) is 0 Å². The molecule has 1 fully saturated rings. The van der Waals surface area contributed by atoms with E-state index in [-0.39, 0.29) is 6.04 Å². The maximum Gasteiger partial charge on any atom is 0.206 e. The number of guanidine groups is 1. The standard InChI is InChI=1S/C13H22N4S/c1-10(11-7-8-18-9-11)15-13(17-14)16-12-5-3-2-4-6-12/h7-10,12H,2-6,14H2,1H3,(H2,15,16,17). The Balaban J connectivity index is 1.93. The molecular formula is C13H22N4S. The molecule has 0 saturated heterocycles. The fourth-order valence-electron chi connectivity index (χ4n) is 2.32. The lowest BCUT2D eigenvalue weighted by atomic mass is 9.96.